The molecule has 0 saturated heterocycles. The minimum atomic E-state index is -4.69. The number of hydrogen-bond donors (Lipinski definition) is 1. The van der Waals surface area contributed by atoms with E-state index in [0.29, 0.717) is 6.07 Å². The average Bonchev–Trinajstić information content (AvgIpc) is 2.62. The third-order valence-corrected chi connectivity index (χ3v) is 4.37. The lowest BCUT2D eigenvalue weighted by molar-refractivity contribution is -0.139. The van der Waals surface area contributed by atoms with Crippen LogP contribution in [0, 0.1) is 5.82 Å². The first-order chi connectivity index (χ1) is 13.1. The highest BCUT2D eigenvalue weighted by molar-refractivity contribution is 6.33. The molecule has 0 aromatic heterocycles. The van der Waals surface area contributed by atoms with Crippen molar-refractivity contribution in [3.05, 3.63) is 57.9 Å². The Kier molecular flexibility index (Phi) is 5.20. The van der Waals surface area contributed by atoms with Gasteiger partial charge in [0.25, 0.3) is 0 Å². The van der Waals surface area contributed by atoms with Crippen LogP contribution >= 0.6 is 11.6 Å². The quantitative estimate of drug-likeness (QED) is 0.731. The van der Waals surface area contributed by atoms with Gasteiger partial charge in [0.1, 0.15) is 22.7 Å². The first kappa shape index (κ1) is 19.9. The molecule has 28 heavy (non-hydrogen) atoms. The molecule has 0 saturated carbocycles. The normalized spacial score (nSPS) is 16.3. The molecular weight excluding hydrogens is 408 g/mol. The Morgan fingerprint density at radius 3 is 2.64 bits per heavy atom. The summed E-state index contributed by atoms with van der Waals surface area (Å²) < 4.78 is 63.2. The zero-order valence-electron chi connectivity index (χ0n) is 13.8. The van der Waals surface area contributed by atoms with Crippen LogP contribution in [0.25, 0.3) is 0 Å². The maximum absolute atomic E-state index is 13.7. The first-order valence-corrected chi connectivity index (χ1v) is 8.19. The van der Waals surface area contributed by atoms with Crippen LogP contribution in [0.4, 0.5) is 17.6 Å². The van der Waals surface area contributed by atoms with Crippen LogP contribution in [0.1, 0.15) is 34.0 Å². The second kappa shape index (κ2) is 7.31. The van der Waals surface area contributed by atoms with E-state index in [2.05, 4.69) is 0 Å². The van der Waals surface area contributed by atoms with Crippen molar-refractivity contribution in [1.29, 1.82) is 0 Å². The Balaban J connectivity index is 2.03. The summed E-state index contributed by atoms with van der Waals surface area (Å²) in [4.78, 5) is 23.1. The van der Waals surface area contributed by atoms with Gasteiger partial charge in [0, 0.05) is 5.56 Å². The van der Waals surface area contributed by atoms with E-state index in [0.717, 1.165) is 18.2 Å². The van der Waals surface area contributed by atoms with E-state index >= 15 is 0 Å². The van der Waals surface area contributed by atoms with Crippen LogP contribution in [-0.4, -0.2) is 23.5 Å². The van der Waals surface area contributed by atoms with E-state index in [1.54, 1.807) is 0 Å². The predicted octanol–water partition coefficient (Wildman–Crippen LogP) is 4.67. The fourth-order valence-corrected chi connectivity index (χ4v) is 2.95. The topological polar surface area (TPSA) is 72.8 Å². The average molecular weight is 419 g/mol. The van der Waals surface area contributed by atoms with E-state index < -0.39 is 52.8 Å². The molecule has 2 aromatic carbocycles. The molecule has 3 rings (SSSR count). The van der Waals surface area contributed by atoms with Gasteiger partial charge in [0.2, 0.25) is 0 Å². The van der Waals surface area contributed by atoms with Crippen LogP contribution in [0.3, 0.4) is 0 Å². The van der Waals surface area contributed by atoms with Gasteiger partial charge in [0.05, 0.1) is 17.5 Å². The van der Waals surface area contributed by atoms with Crippen LogP contribution in [0.2, 0.25) is 5.02 Å². The Bertz CT molecular complexity index is 958. The zero-order valence-corrected chi connectivity index (χ0v) is 14.6. The summed E-state index contributed by atoms with van der Waals surface area (Å²) in [6.45, 7) is -0.902. The summed E-state index contributed by atoms with van der Waals surface area (Å²) in [5, 5.41) is 8.32. The van der Waals surface area contributed by atoms with Gasteiger partial charge in [-0.3, -0.25) is 4.79 Å². The summed E-state index contributed by atoms with van der Waals surface area (Å²) >= 11 is 5.85. The second-order valence-electron chi connectivity index (χ2n) is 5.90. The van der Waals surface area contributed by atoms with Crippen molar-refractivity contribution in [2.45, 2.75) is 18.7 Å². The molecule has 0 fully saturated rings. The third kappa shape index (κ3) is 3.89. The van der Waals surface area contributed by atoms with E-state index in [4.69, 9.17) is 26.2 Å². The summed E-state index contributed by atoms with van der Waals surface area (Å²) in [7, 11) is 0. The van der Waals surface area contributed by atoms with Crippen LogP contribution in [0.5, 0.6) is 11.5 Å². The van der Waals surface area contributed by atoms with Gasteiger partial charge in [-0.2, -0.15) is 13.2 Å². The SMILES string of the molecule is O=C(O)COc1cc(C(F)(F)F)ccc1C1CC(=O)c2ccc(F)c(Cl)c2O1. The predicted molar refractivity (Wildman–Crippen MR) is 88.3 cm³/mol. The summed E-state index contributed by atoms with van der Waals surface area (Å²) in [5.74, 6) is -3.33. The number of rotatable bonds is 4. The molecule has 1 atom stereocenters. The molecule has 0 spiro atoms. The van der Waals surface area contributed by atoms with Crippen molar-refractivity contribution >= 4 is 23.4 Å². The molecule has 0 bridgehead atoms. The highest BCUT2D eigenvalue weighted by Gasteiger charge is 2.35. The number of ketones is 1. The lowest BCUT2D eigenvalue weighted by atomic mass is 9.95. The number of carboxylic acids is 1. The third-order valence-electron chi connectivity index (χ3n) is 4.02. The molecule has 0 amide bonds. The molecule has 0 radical (unpaired) electrons. The number of benzene rings is 2. The molecule has 1 aliphatic rings. The van der Waals surface area contributed by atoms with E-state index in [1.165, 1.54) is 6.07 Å². The number of aliphatic carboxylic acids is 1. The maximum atomic E-state index is 13.7. The largest absolute Gasteiger partial charge is 0.483 e. The second-order valence-corrected chi connectivity index (χ2v) is 6.28. The van der Waals surface area contributed by atoms with Crippen LogP contribution < -0.4 is 9.47 Å². The number of Topliss-reactive ketones (excluding diaryl/α,β-unsaturated/α-hetero) is 1. The number of halogens is 5. The highest BCUT2D eigenvalue weighted by atomic mass is 35.5. The monoisotopic (exact) mass is 418 g/mol. The number of ether oxygens (including phenoxy) is 2. The molecule has 1 N–H and O–H groups in total. The molecule has 2 aromatic rings. The fraction of sp³-hybridized carbons (Fsp3) is 0.222. The summed E-state index contributed by atoms with van der Waals surface area (Å²) in [5.41, 5.74) is -1.01. The van der Waals surface area contributed by atoms with Gasteiger partial charge in [0.15, 0.2) is 18.1 Å². The van der Waals surface area contributed by atoms with E-state index in [9.17, 15) is 27.2 Å². The van der Waals surface area contributed by atoms with Crippen molar-refractivity contribution < 1.29 is 41.7 Å². The van der Waals surface area contributed by atoms with E-state index in [1.807, 2.05) is 0 Å². The van der Waals surface area contributed by atoms with Crippen molar-refractivity contribution in [3.8, 4) is 11.5 Å². The minimum absolute atomic E-state index is 0.00794. The molecule has 0 aliphatic carbocycles. The van der Waals surface area contributed by atoms with Crippen molar-refractivity contribution in [2.75, 3.05) is 6.61 Å². The number of carboxylic acid groups (broad SMARTS) is 1. The van der Waals surface area contributed by atoms with Crippen molar-refractivity contribution in [2.24, 2.45) is 0 Å². The smallest absolute Gasteiger partial charge is 0.416 e. The zero-order chi connectivity index (χ0) is 20.6. The molecule has 5 nitrogen and oxygen atoms in total. The minimum Gasteiger partial charge on any atom is -0.483 e. The lowest BCUT2D eigenvalue weighted by Gasteiger charge is -2.28. The Morgan fingerprint density at radius 2 is 2.00 bits per heavy atom. The van der Waals surface area contributed by atoms with Gasteiger partial charge in [-0.05, 0) is 24.3 Å². The molecule has 148 valence electrons. The lowest BCUT2D eigenvalue weighted by Crippen LogP contribution is -2.22. The summed E-state index contributed by atoms with van der Waals surface area (Å²) in [6.07, 6.45) is -6.10. The number of fused-ring (bicyclic) bond motifs is 1. The highest BCUT2D eigenvalue weighted by Crippen LogP contribution is 2.43. The van der Waals surface area contributed by atoms with Crippen LogP contribution in [0.15, 0.2) is 30.3 Å². The van der Waals surface area contributed by atoms with Gasteiger partial charge in [-0.25, -0.2) is 9.18 Å². The van der Waals surface area contributed by atoms with Gasteiger partial charge >= 0.3 is 12.1 Å². The first-order valence-electron chi connectivity index (χ1n) is 7.81. The molecule has 1 aliphatic heterocycles. The fourth-order valence-electron chi connectivity index (χ4n) is 2.74. The van der Waals surface area contributed by atoms with Crippen LogP contribution in [-0.2, 0) is 11.0 Å². The van der Waals surface area contributed by atoms with Crippen molar-refractivity contribution in [1.82, 2.24) is 0 Å². The van der Waals surface area contributed by atoms with E-state index in [-0.39, 0.29) is 23.3 Å². The maximum Gasteiger partial charge on any atom is 0.416 e. The Labute approximate surface area is 160 Å². The Hall–Kier alpha value is -2.81. The molecule has 10 heteroatoms. The van der Waals surface area contributed by atoms with Gasteiger partial charge in [-0.15, -0.1) is 0 Å². The molecule has 1 heterocycles. The van der Waals surface area contributed by atoms with Crippen molar-refractivity contribution in [3.63, 3.8) is 0 Å². The number of alkyl halides is 3. The number of carbonyl (C=O) groups excluding carboxylic acids is 1. The summed E-state index contributed by atoms with van der Waals surface area (Å²) in [6, 6.07) is 4.59. The molecule has 1 unspecified atom stereocenters. The van der Waals surface area contributed by atoms with Gasteiger partial charge < -0.3 is 14.6 Å². The van der Waals surface area contributed by atoms with Gasteiger partial charge in [-0.1, -0.05) is 17.7 Å². The number of hydrogen-bond acceptors (Lipinski definition) is 4. The number of carbonyl (C=O) groups is 2. The standard InChI is InChI=1S/C18H11ClF4O5/c19-16-11(20)4-3-9-12(24)6-14(28-17(9)16)10-2-1-8(18(21,22)23)5-13(10)27-7-15(25)26/h1-5,14H,6-7H2,(H,25,26). The Morgan fingerprint density at radius 1 is 1.29 bits per heavy atom. The molecular formula is C18H11ClF4O5.